The number of aryl methyl sites for hydroxylation is 2. The summed E-state index contributed by atoms with van der Waals surface area (Å²) in [7, 11) is 0. The molecule has 3 heterocycles. The van der Waals surface area contributed by atoms with Crippen LogP contribution in [0.3, 0.4) is 0 Å². The molecule has 1 aliphatic carbocycles. The van der Waals surface area contributed by atoms with Gasteiger partial charge in [-0.05, 0) is 68.5 Å². The normalized spacial score (nSPS) is 17.2. The number of nitrogens with zero attached hydrogens (tertiary/aromatic N) is 2. The Morgan fingerprint density at radius 2 is 2.00 bits per heavy atom. The van der Waals surface area contributed by atoms with Crippen molar-refractivity contribution in [2.75, 3.05) is 13.1 Å². The number of likely N-dealkylation sites (tertiary alicyclic amines) is 1. The van der Waals surface area contributed by atoms with Crippen molar-refractivity contribution in [1.82, 2.24) is 20.2 Å². The van der Waals surface area contributed by atoms with Crippen LogP contribution in [0.5, 0.6) is 0 Å². The van der Waals surface area contributed by atoms with Crippen molar-refractivity contribution < 1.29 is 9.18 Å². The quantitative estimate of drug-likeness (QED) is 0.639. The van der Waals surface area contributed by atoms with E-state index in [0.29, 0.717) is 18.9 Å². The fraction of sp³-hybridized carbons (Fsp3) is 0.435. The Morgan fingerprint density at radius 1 is 1.23 bits per heavy atom. The van der Waals surface area contributed by atoms with Crippen LogP contribution in [0.15, 0.2) is 29.1 Å². The molecule has 8 heteroatoms. The standard InChI is InChI=1S/C23H25FN4O2S/c24-16-6-4-14(5-7-16)12-25-21(29)15-8-10-28(11-9-15)13-19-26-22(30)20-17-2-1-3-18(17)31-23(20)27-19/h4-7,15H,1-3,8-13H2,(H,25,29)(H,26,27,30). The molecule has 2 aliphatic rings. The second-order valence-electron chi connectivity index (χ2n) is 8.44. The van der Waals surface area contributed by atoms with Gasteiger partial charge < -0.3 is 10.3 Å². The summed E-state index contributed by atoms with van der Waals surface area (Å²) in [5, 5.41) is 3.75. The summed E-state index contributed by atoms with van der Waals surface area (Å²) in [5.41, 5.74) is 2.07. The number of benzene rings is 1. The fourth-order valence-electron chi connectivity index (χ4n) is 4.62. The minimum absolute atomic E-state index is 0.0190. The number of aromatic amines is 1. The molecule has 3 aromatic rings. The van der Waals surface area contributed by atoms with Crippen LogP contribution in [0, 0.1) is 11.7 Å². The summed E-state index contributed by atoms with van der Waals surface area (Å²) in [6.45, 7) is 2.58. The van der Waals surface area contributed by atoms with Crippen molar-refractivity contribution in [2.45, 2.75) is 45.2 Å². The van der Waals surface area contributed by atoms with Gasteiger partial charge in [0.15, 0.2) is 0 Å². The van der Waals surface area contributed by atoms with Gasteiger partial charge in [-0.1, -0.05) is 12.1 Å². The first kappa shape index (κ1) is 20.3. The van der Waals surface area contributed by atoms with Crippen LogP contribution in [0.1, 0.15) is 41.1 Å². The van der Waals surface area contributed by atoms with Crippen molar-refractivity contribution in [2.24, 2.45) is 5.92 Å². The maximum absolute atomic E-state index is 13.0. The van der Waals surface area contributed by atoms with Crippen molar-refractivity contribution >= 4 is 27.5 Å². The Hall–Kier alpha value is -2.58. The lowest BCUT2D eigenvalue weighted by molar-refractivity contribution is -0.126. The number of nitrogens with one attached hydrogen (secondary N) is 2. The summed E-state index contributed by atoms with van der Waals surface area (Å²) >= 11 is 1.66. The zero-order chi connectivity index (χ0) is 21.4. The molecule has 5 rings (SSSR count). The van der Waals surface area contributed by atoms with Crippen LogP contribution in [0.4, 0.5) is 4.39 Å². The molecule has 1 aliphatic heterocycles. The molecule has 1 saturated heterocycles. The van der Waals surface area contributed by atoms with E-state index in [9.17, 15) is 14.0 Å². The molecule has 0 spiro atoms. The molecular weight excluding hydrogens is 415 g/mol. The van der Waals surface area contributed by atoms with E-state index >= 15 is 0 Å². The highest BCUT2D eigenvalue weighted by Gasteiger charge is 2.26. The number of hydrogen-bond donors (Lipinski definition) is 2. The minimum Gasteiger partial charge on any atom is -0.352 e. The number of fused-ring (bicyclic) bond motifs is 3. The first-order valence-electron chi connectivity index (χ1n) is 10.8. The SMILES string of the molecule is O=C(NCc1ccc(F)cc1)C1CCN(Cc2nc3sc4c(c3c(=O)[nH]2)CCC4)CC1. The van der Waals surface area contributed by atoms with E-state index in [-0.39, 0.29) is 23.2 Å². The minimum atomic E-state index is -0.277. The molecule has 0 bridgehead atoms. The van der Waals surface area contributed by atoms with Crippen LogP contribution >= 0.6 is 11.3 Å². The molecule has 162 valence electrons. The van der Waals surface area contributed by atoms with E-state index in [2.05, 4.69) is 15.2 Å². The van der Waals surface area contributed by atoms with Crippen LogP contribution in [0.2, 0.25) is 0 Å². The van der Waals surface area contributed by atoms with Crippen LogP contribution in [-0.4, -0.2) is 33.9 Å². The van der Waals surface area contributed by atoms with Gasteiger partial charge in [-0.15, -0.1) is 11.3 Å². The molecule has 2 aromatic heterocycles. The molecule has 6 nitrogen and oxygen atoms in total. The van der Waals surface area contributed by atoms with Gasteiger partial charge in [-0.3, -0.25) is 14.5 Å². The average molecular weight is 441 g/mol. The lowest BCUT2D eigenvalue weighted by atomic mass is 9.96. The smallest absolute Gasteiger partial charge is 0.259 e. The maximum Gasteiger partial charge on any atom is 0.259 e. The third-order valence-electron chi connectivity index (χ3n) is 6.34. The second kappa shape index (κ2) is 8.51. The highest BCUT2D eigenvalue weighted by Crippen LogP contribution is 2.34. The first-order valence-corrected chi connectivity index (χ1v) is 11.7. The van der Waals surface area contributed by atoms with E-state index in [1.165, 1.54) is 22.6 Å². The fourth-order valence-corrected chi connectivity index (χ4v) is 5.90. The second-order valence-corrected chi connectivity index (χ2v) is 9.53. The molecule has 1 fully saturated rings. The average Bonchev–Trinajstić information content (AvgIpc) is 3.34. The monoisotopic (exact) mass is 440 g/mol. The molecule has 2 N–H and O–H groups in total. The first-order chi connectivity index (χ1) is 15.1. The van der Waals surface area contributed by atoms with Crippen molar-refractivity contribution in [3.8, 4) is 0 Å². The van der Waals surface area contributed by atoms with Crippen LogP contribution in [-0.2, 0) is 30.7 Å². The van der Waals surface area contributed by atoms with Gasteiger partial charge in [0.1, 0.15) is 16.5 Å². The molecule has 1 aromatic carbocycles. The van der Waals surface area contributed by atoms with E-state index < -0.39 is 0 Å². The number of halogens is 1. The number of H-pyrrole nitrogens is 1. The number of thiophene rings is 1. The molecule has 0 unspecified atom stereocenters. The van der Waals surface area contributed by atoms with Gasteiger partial charge in [0, 0.05) is 17.3 Å². The third kappa shape index (κ3) is 4.27. The highest BCUT2D eigenvalue weighted by atomic mass is 32.1. The molecular formula is C23H25FN4O2S. The van der Waals surface area contributed by atoms with Gasteiger partial charge in [-0.2, -0.15) is 0 Å². The van der Waals surface area contributed by atoms with E-state index in [1.54, 1.807) is 23.5 Å². The molecule has 31 heavy (non-hydrogen) atoms. The number of aromatic nitrogens is 2. The van der Waals surface area contributed by atoms with E-state index in [4.69, 9.17) is 4.98 Å². The predicted molar refractivity (Wildman–Crippen MR) is 119 cm³/mol. The number of rotatable bonds is 5. The Labute approximate surface area is 183 Å². The Morgan fingerprint density at radius 3 is 2.77 bits per heavy atom. The zero-order valence-electron chi connectivity index (χ0n) is 17.2. The number of carbonyl (C=O) groups is 1. The Balaban J connectivity index is 1.16. The molecule has 0 saturated carbocycles. The molecule has 0 atom stereocenters. The van der Waals surface area contributed by atoms with Gasteiger partial charge in [0.2, 0.25) is 5.91 Å². The number of carbonyl (C=O) groups excluding carboxylic acids is 1. The number of amides is 1. The third-order valence-corrected chi connectivity index (χ3v) is 7.52. The van der Waals surface area contributed by atoms with E-state index in [1.807, 2.05) is 0 Å². The van der Waals surface area contributed by atoms with Crippen LogP contribution < -0.4 is 10.9 Å². The summed E-state index contributed by atoms with van der Waals surface area (Å²) in [6, 6.07) is 6.18. The molecule has 0 radical (unpaired) electrons. The Kier molecular flexibility index (Phi) is 5.58. The maximum atomic E-state index is 13.0. The number of hydrogen-bond acceptors (Lipinski definition) is 5. The summed E-state index contributed by atoms with van der Waals surface area (Å²) in [6.07, 6.45) is 4.72. The summed E-state index contributed by atoms with van der Waals surface area (Å²) in [5.74, 6) is 0.453. The lowest BCUT2D eigenvalue weighted by Gasteiger charge is -2.30. The van der Waals surface area contributed by atoms with Gasteiger partial charge >= 0.3 is 0 Å². The predicted octanol–water partition coefficient (Wildman–Crippen LogP) is 3.14. The van der Waals surface area contributed by atoms with Crippen molar-refractivity contribution in [3.63, 3.8) is 0 Å². The Bertz CT molecular complexity index is 1160. The van der Waals surface area contributed by atoms with Crippen molar-refractivity contribution in [1.29, 1.82) is 0 Å². The number of piperidine rings is 1. The molecule has 1 amide bonds. The largest absolute Gasteiger partial charge is 0.352 e. The van der Waals surface area contributed by atoms with Crippen molar-refractivity contribution in [3.05, 3.63) is 62.3 Å². The van der Waals surface area contributed by atoms with Gasteiger partial charge in [-0.25, -0.2) is 9.37 Å². The lowest BCUT2D eigenvalue weighted by Crippen LogP contribution is -2.40. The zero-order valence-corrected chi connectivity index (χ0v) is 18.1. The summed E-state index contributed by atoms with van der Waals surface area (Å²) in [4.78, 5) is 37.3. The van der Waals surface area contributed by atoms with Gasteiger partial charge in [0.05, 0.1) is 11.9 Å². The highest BCUT2D eigenvalue weighted by molar-refractivity contribution is 7.18. The summed E-state index contributed by atoms with van der Waals surface area (Å²) < 4.78 is 13.0. The van der Waals surface area contributed by atoms with Crippen LogP contribution in [0.25, 0.3) is 10.2 Å². The van der Waals surface area contributed by atoms with Gasteiger partial charge in [0.25, 0.3) is 5.56 Å². The van der Waals surface area contributed by atoms with E-state index in [0.717, 1.165) is 61.0 Å². The topological polar surface area (TPSA) is 78.1 Å².